The summed E-state index contributed by atoms with van der Waals surface area (Å²) in [5, 5.41) is 0.459. The molecular weight excluding hydrogens is 526 g/mol. The van der Waals surface area contributed by atoms with Crippen LogP contribution < -0.4 is 15.2 Å². The lowest BCUT2D eigenvalue weighted by atomic mass is 9.77. The van der Waals surface area contributed by atoms with Crippen LogP contribution in [0.4, 0.5) is 0 Å². The Morgan fingerprint density at radius 3 is 2.65 bits per heavy atom. The van der Waals surface area contributed by atoms with Gasteiger partial charge in [-0.1, -0.05) is 33.6 Å². The quantitative estimate of drug-likeness (QED) is 0.498. The largest absolute Gasteiger partial charge is 0.496 e. The smallest absolute Gasteiger partial charge is 0.340 e. The van der Waals surface area contributed by atoms with Crippen molar-refractivity contribution in [2.75, 3.05) is 14.2 Å². The summed E-state index contributed by atoms with van der Waals surface area (Å²) in [6, 6.07) is 10.7. The van der Waals surface area contributed by atoms with E-state index in [9.17, 15) is 9.59 Å². The third-order valence-electron chi connectivity index (χ3n) is 5.80. The minimum Gasteiger partial charge on any atom is -0.496 e. The highest BCUT2D eigenvalue weighted by Gasteiger charge is 2.41. The second-order valence-corrected chi connectivity index (χ2v) is 9.18. The number of carbonyl (C=O) groups is 2. The Bertz CT molecular complexity index is 1220. The molecule has 1 heterocycles. The second kappa shape index (κ2) is 10.1. The molecule has 0 saturated carbocycles. The molecule has 0 saturated heterocycles. The zero-order chi connectivity index (χ0) is 24.4. The molecule has 1 aliphatic carbocycles. The van der Waals surface area contributed by atoms with Crippen molar-refractivity contribution < 1.29 is 28.5 Å². The highest BCUT2D eigenvalue weighted by molar-refractivity contribution is 9.10. The van der Waals surface area contributed by atoms with E-state index in [1.54, 1.807) is 31.4 Å². The Kier molecular flexibility index (Phi) is 7.19. The molecule has 2 aromatic rings. The van der Waals surface area contributed by atoms with Crippen LogP contribution in [0.25, 0.3) is 0 Å². The molecule has 9 heteroatoms. The van der Waals surface area contributed by atoms with Crippen LogP contribution in [0.5, 0.6) is 11.5 Å². The number of rotatable bonds is 6. The highest BCUT2D eigenvalue weighted by Crippen LogP contribution is 2.44. The first-order valence-corrected chi connectivity index (χ1v) is 11.8. The molecule has 2 aromatic carbocycles. The summed E-state index contributed by atoms with van der Waals surface area (Å²) in [5.41, 5.74) is 8.06. The molecule has 178 valence electrons. The molecule has 1 atom stereocenters. The molecule has 1 aliphatic heterocycles. The summed E-state index contributed by atoms with van der Waals surface area (Å²) in [6.07, 6.45) is 1.61. The van der Waals surface area contributed by atoms with Gasteiger partial charge in [-0.2, -0.15) is 0 Å². The van der Waals surface area contributed by atoms with Gasteiger partial charge in [0.1, 0.15) is 29.4 Å². The van der Waals surface area contributed by atoms with Crippen molar-refractivity contribution in [2.24, 2.45) is 5.73 Å². The molecule has 0 unspecified atom stereocenters. The average Bonchev–Trinajstić information content (AvgIpc) is 2.82. The van der Waals surface area contributed by atoms with Crippen LogP contribution in [0, 0.1) is 0 Å². The molecule has 4 rings (SSSR count). The lowest BCUT2D eigenvalue weighted by Crippen LogP contribution is -2.31. The van der Waals surface area contributed by atoms with Gasteiger partial charge in [-0.15, -0.1) is 0 Å². The van der Waals surface area contributed by atoms with Gasteiger partial charge in [-0.25, -0.2) is 4.79 Å². The summed E-state index contributed by atoms with van der Waals surface area (Å²) >= 11 is 9.66. The number of carbonyl (C=O) groups excluding carboxylic acids is 2. The monoisotopic (exact) mass is 547 g/mol. The van der Waals surface area contributed by atoms with E-state index in [4.69, 9.17) is 36.3 Å². The first-order chi connectivity index (χ1) is 16.3. The average molecular weight is 549 g/mol. The van der Waals surface area contributed by atoms with E-state index in [0.717, 1.165) is 4.47 Å². The number of benzene rings is 2. The molecule has 7 nitrogen and oxygen atoms in total. The van der Waals surface area contributed by atoms with Crippen molar-refractivity contribution in [3.05, 3.63) is 79.8 Å². The van der Waals surface area contributed by atoms with Crippen molar-refractivity contribution in [1.29, 1.82) is 0 Å². The Hall–Kier alpha value is -2.97. The van der Waals surface area contributed by atoms with Crippen LogP contribution >= 0.6 is 27.5 Å². The molecule has 0 bridgehead atoms. The summed E-state index contributed by atoms with van der Waals surface area (Å²) in [5.74, 6) is 0.102. The van der Waals surface area contributed by atoms with Crippen LogP contribution in [-0.4, -0.2) is 26.0 Å². The number of hydrogen-bond donors (Lipinski definition) is 1. The van der Waals surface area contributed by atoms with E-state index < -0.39 is 11.9 Å². The Balaban J connectivity index is 1.76. The number of allylic oxidation sites excluding steroid dienone is 2. The Labute approximate surface area is 210 Å². The van der Waals surface area contributed by atoms with E-state index in [-0.39, 0.29) is 23.8 Å². The van der Waals surface area contributed by atoms with Crippen molar-refractivity contribution >= 4 is 39.3 Å². The molecule has 34 heavy (non-hydrogen) atoms. The number of nitrogens with two attached hydrogens (primary N) is 1. The number of esters is 1. The molecule has 0 radical (unpaired) electrons. The molecule has 0 aromatic heterocycles. The van der Waals surface area contributed by atoms with Crippen molar-refractivity contribution in [2.45, 2.75) is 31.8 Å². The van der Waals surface area contributed by atoms with Crippen molar-refractivity contribution in [3.8, 4) is 11.5 Å². The number of Topliss-reactive ketones (excluding diaryl/α,β-unsaturated/α-hetero) is 1. The molecule has 0 spiro atoms. The summed E-state index contributed by atoms with van der Waals surface area (Å²) in [4.78, 5) is 25.6. The first kappa shape index (κ1) is 24.2. The van der Waals surface area contributed by atoms with E-state index in [1.165, 1.54) is 7.11 Å². The molecule has 2 aliphatic rings. The fourth-order valence-corrected chi connectivity index (χ4v) is 4.96. The lowest BCUT2D eigenvalue weighted by Gasteiger charge is -2.32. The van der Waals surface area contributed by atoms with Gasteiger partial charge in [-0.3, -0.25) is 4.79 Å². The van der Waals surface area contributed by atoms with Crippen LogP contribution in [0.1, 0.15) is 36.3 Å². The third kappa shape index (κ3) is 4.65. The Morgan fingerprint density at radius 2 is 1.94 bits per heavy atom. The van der Waals surface area contributed by atoms with Crippen LogP contribution in [-0.2, 0) is 25.7 Å². The maximum atomic E-state index is 12.9. The SMILES string of the molecule is COC(=O)C1=C(N)OC2=C(C(=O)CCC2)[C@H]1c1ccc(OC)c(COc2ccc(Br)cc2Cl)c1. The standard InChI is InChI=1S/C25H23BrClNO6/c1-31-18-8-6-13(10-14(18)12-33-19-9-7-15(26)11-16(19)27)21-22-17(29)4-3-5-20(22)34-24(28)23(21)25(30)32-2/h6-11,21H,3-5,12,28H2,1-2H3/t21-/m1/s1. The summed E-state index contributed by atoms with van der Waals surface area (Å²) < 4.78 is 23.0. The summed E-state index contributed by atoms with van der Waals surface area (Å²) in [6.45, 7) is 0.147. The Morgan fingerprint density at radius 1 is 1.18 bits per heavy atom. The number of ketones is 1. The van der Waals surface area contributed by atoms with Gasteiger partial charge in [0.25, 0.3) is 0 Å². The maximum Gasteiger partial charge on any atom is 0.340 e. The van der Waals surface area contributed by atoms with Gasteiger partial charge in [0.15, 0.2) is 5.78 Å². The van der Waals surface area contributed by atoms with Gasteiger partial charge >= 0.3 is 5.97 Å². The zero-order valence-corrected chi connectivity index (χ0v) is 21.0. The molecular formula is C25H23BrClNO6. The topological polar surface area (TPSA) is 97.1 Å². The first-order valence-electron chi connectivity index (χ1n) is 10.6. The molecule has 2 N–H and O–H groups in total. The van der Waals surface area contributed by atoms with Crippen LogP contribution in [0.3, 0.4) is 0 Å². The van der Waals surface area contributed by atoms with Crippen LogP contribution in [0.2, 0.25) is 5.02 Å². The second-order valence-electron chi connectivity index (χ2n) is 7.85. The normalized spacial score (nSPS) is 17.8. The van der Waals surface area contributed by atoms with Crippen molar-refractivity contribution in [3.63, 3.8) is 0 Å². The predicted octanol–water partition coefficient (Wildman–Crippen LogP) is 5.15. The van der Waals surface area contributed by atoms with Gasteiger partial charge in [0, 0.05) is 28.5 Å². The number of hydrogen-bond acceptors (Lipinski definition) is 7. The van der Waals surface area contributed by atoms with Crippen LogP contribution in [0.15, 0.2) is 63.7 Å². The van der Waals surface area contributed by atoms with Gasteiger partial charge < -0.3 is 24.7 Å². The fraction of sp³-hybridized carbons (Fsp3) is 0.280. The van der Waals surface area contributed by atoms with E-state index in [0.29, 0.717) is 58.2 Å². The maximum absolute atomic E-state index is 12.9. The highest BCUT2D eigenvalue weighted by atomic mass is 79.9. The van der Waals surface area contributed by atoms with Gasteiger partial charge in [0.05, 0.1) is 25.2 Å². The van der Waals surface area contributed by atoms with E-state index in [1.807, 2.05) is 12.1 Å². The molecule has 0 amide bonds. The van der Waals surface area contributed by atoms with E-state index in [2.05, 4.69) is 15.9 Å². The van der Waals surface area contributed by atoms with Crippen molar-refractivity contribution in [1.82, 2.24) is 0 Å². The number of methoxy groups -OCH3 is 2. The molecule has 0 fully saturated rings. The third-order valence-corrected chi connectivity index (χ3v) is 6.59. The minimum absolute atomic E-state index is 0.0550. The number of ether oxygens (including phenoxy) is 4. The number of halogens is 2. The van der Waals surface area contributed by atoms with E-state index >= 15 is 0 Å². The summed E-state index contributed by atoms with van der Waals surface area (Å²) in [7, 11) is 2.82. The zero-order valence-electron chi connectivity index (χ0n) is 18.7. The fourth-order valence-electron chi connectivity index (χ4n) is 4.24. The van der Waals surface area contributed by atoms with Gasteiger partial charge in [0.2, 0.25) is 5.88 Å². The van der Waals surface area contributed by atoms with Gasteiger partial charge in [-0.05, 0) is 42.3 Å². The minimum atomic E-state index is -0.718. The lowest BCUT2D eigenvalue weighted by molar-refractivity contribution is -0.136. The predicted molar refractivity (Wildman–Crippen MR) is 129 cm³/mol.